The lowest BCUT2D eigenvalue weighted by Crippen LogP contribution is -2.13. The Balaban J connectivity index is 1.51. The number of hydrogen-bond donors (Lipinski definition) is 1. The summed E-state index contributed by atoms with van der Waals surface area (Å²) >= 11 is 8.87. The summed E-state index contributed by atoms with van der Waals surface area (Å²) in [6, 6.07) is 9.82. The summed E-state index contributed by atoms with van der Waals surface area (Å²) in [5.41, 5.74) is 4.23. The number of nitrogens with one attached hydrogen (secondary N) is 1. The normalized spacial score (nSPS) is 13.5. The van der Waals surface area contributed by atoms with Gasteiger partial charge in [-0.25, -0.2) is 4.98 Å². The molecule has 0 saturated heterocycles. The van der Waals surface area contributed by atoms with E-state index in [4.69, 9.17) is 11.6 Å². The molecule has 0 saturated carbocycles. The van der Waals surface area contributed by atoms with E-state index in [9.17, 15) is 4.79 Å². The zero-order valence-electron chi connectivity index (χ0n) is 12.8. The highest BCUT2D eigenvalue weighted by Crippen LogP contribution is 2.33. The van der Waals surface area contributed by atoms with E-state index in [1.165, 1.54) is 46.6 Å². The van der Waals surface area contributed by atoms with Crippen LogP contribution < -0.4 is 5.32 Å². The molecule has 24 heavy (non-hydrogen) atoms. The minimum absolute atomic E-state index is 0.103. The van der Waals surface area contributed by atoms with Gasteiger partial charge in [0.05, 0.1) is 14.9 Å². The first kappa shape index (κ1) is 15.8. The van der Waals surface area contributed by atoms with Gasteiger partial charge in [0, 0.05) is 10.9 Å². The molecule has 0 radical (unpaired) electrons. The Morgan fingerprint density at radius 1 is 1.12 bits per heavy atom. The fourth-order valence-corrected chi connectivity index (χ4v) is 4.72. The first-order valence-corrected chi connectivity index (χ1v) is 9.91. The van der Waals surface area contributed by atoms with Crippen molar-refractivity contribution in [1.29, 1.82) is 0 Å². The lowest BCUT2D eigenvalue weighted by Gasteiger charge is -2.16. The van der Waals surface area contributed by atoms with Crippen molar-refractivity contribution < 1.29 is 4.79 Å². The highest BCUT2D eigenvalue weighted by Gasteiger charge is 2.14. The van der Waals surface area contributed by atoms with Crippen LogP contribution in [0.25, 0.3) is 10.6 Å². The number of rotatable bonds is 3. The maximum atomic E-state index is 12.5. The number of nitrogens with zero attached hydrogens (tertiary/aromatic N) is 1. The first-order chi connectivity index (χ1) is 11.7. The van der Waals surface area contributed by atoms with Crippen molar-refractivity contribution >= 4 is 45.3 Å². The molecule has 1 amide bonds. The number of carbonyl (C=O) groups is 1. The second-order valence-electron chi connectivity index (χ2n) is 5.79. The molecule has 0 bridgehead atoms. The molecule has 0 atom stereocenters. The Bertz CT molecular complexity index is 900. The third-order valence-electron chi connectivity index (χ3n) is 4.16. The van der Waals surface area contributed by atoms with Gasteiger partial charge in [-0.2, -0.15) is 0 Å². The largest absolute Gasteiger partial charge is 0.298 e. The number of carbonyl (C=O) groups excluding carboxylic acids is 1. The molecular formula is C18H15ClN2OS2. The Labute approximate surface area is 153 Å². The van der Waals surface area contributed by atoms with Gasteiger partial charge in [0.1, 0.15) is 0 Å². The minimum atomic E-state index is -0.103. The number of benzene rings is 1. The molecule has 1 aliphatic carbocycles. The van der Waals surface area contributed by atoms with Crippen LogP contribution in [-0.4, -0.2) is 10.9 Å². The van der Waals surface area contributed by atoms with Crippen molar-refractivity contribution in [2.24, 2.45) is 0 Å². The molecule has 0 fully saturated rings. The summed E-state index contributed by atoms with van der Waals surface area (Å²) in [5.74, 6) is -0.103. The molecule has 1 aromatic carbocycles. The third kappa shape index (κ3) is 3.24. The van der Waals surface area contributed by atoms with Crippen LogP contribution >= 0.6 is 34.3 Å². The van der Waals surface area contributed by atoms with Crippen LogP contribution in [0.4, 0.5) is 5.13 Å². The van der Waals surface area contributed by atoms with Crippen molar-refractivity contribution in [3.8, 4) is 10.6 Å². The van der Waals surface area contributed by atoms with Gasteiger partial charge in [0.2, 0.25) is 0 Å². The summed E-state index contributed by atoms with van der Waals surface area (Å²) in [7, 11) is 0. The molecule has 3 nitrogen and oxygen atoms in total. The Kier molecular flexibility index (Phi) is 4.39. The summed E-state index contributed by atoms with van der Waals surface area (Å²) < 4.78 is 0.734. The van der Waals surface area contributed by atoms with Crippen LogP contribution in [-0.2, 0) is 12.8 Å². The van der Waals surface area contributed by atoms with Crippen molar-refractivity contribution in [3.63, 3.8) is 0 Å². The van der Waals surface area contributed by atoms with E-state index in [-0.39, 0.29) is 5.91 Å². The highest BCUT2D eigenvalue weighted by molar-refractivity contribution is 7.20. The van der Waals surface area contributed by atoms with Crippen LogP contribution in [0.5, 0.6) is 0 Å². The number of thiazole rings is 1. The monoisotopic (exact) mass is 374 g/mol. The summed E-state index contributed by atoms with van der Waals surface area (Å²) in [4.78, 5) is 18.0. The number of anilines is 1. The van der Waals surface area contributed by atoms with Gasteiger partial charge < -0.3 is 0 Å². The molecule has 0 aliphatic heterocycles. The van der Waals surface area contributed by atoms with Crippen molar-refractivity contribution in [1.82, 2.24) is 4.98 Å². The molecule has 1 aliphatic rings. The molecule has 4 rings (SSSR count). The van der Waals surface area contributed by atoms with Crippen LogP contribution in [0.1, 0.15) is 34.3 Å². The van der Waals surface area contributed by atoms with E-state index in [0.29, 0.717) is 10.7 Å². The SMILES string of the molecule is O=C(Nc1nc(-c2ccc(Cl)s2)cs1)c1ccc2c(c1)CCCC2. The van der Waals surface area contributed by atoms with E-state index in [2.05, 4.69) is 16.4 Å². The number of aromatic nitrogens is 1. The fraction of sp³-hybridized carbons (Fsp3) is 0.222. The summed E-state index contributed by atoms with van der Waals surface area (Å²) in [5, 5.41) is 5.45. The lowest BCUT2D eigenvalue weighted by molar-refractivity contribution is 0.102. The van der Waals surface area contributed by atoms with Gasteiger partial charge >= 0.3 is 0 Å². The Morgan fingerprint density at radius 3 is 2.75 bits per heavy atom. The van der Waals surface area contributed by atoms with Gasteiger partial charge in [-0.1, -0.05) is 17.7 Å². The van der Waals surface area contributed by atoms with Crippen molar-refractivity contribution in [2.75, 3.05) is 5.32 Å². The highest BCUT2D eigenvalue weighted by atomic mass is 35.5. The maximum Gasteiger partial charge on any atom is 0.257 e. The van der Waals surface area contributed by atoms with E-state index in [1.54, 1.807) is 0 Å². The van der Waals surface area contributed by atoms with E-state index >= 15 is 0 Å². The quantitative estimate of drug-likeness (QED) is 0.643. The molecule has 0 unspecified atom stereocenters. The second kappa shape index (κ2) is 6.67. The van der Waals surface area contributed by atoms with E-state index in [1.807, 2.05) is 29.6 Å². The third-order valence-corrected chi connectivity index (χ3v) is 6.17. The molecule has 2 aromatic heterocycles. The predicted octanol–water partition coefficient (Wildman–Crippen LogP) is 5.66. The van der Waals surface area contributed by atoms with Gasteiger partial charge in [-0.05, 0) is 61.1 Å². The molecule has 122 valence electrons. The number of thiophene rings is 1. The average Bonchev–Trinajstić information content (AvgIpc) is 3.23. The predicted molar refractivity (Wildman–Crippen MR) is 101 cm³/mol. The number of aryl methyl sites for hydroxylation is 2. The van der Waals surface area contributed by atoms with Crippen LogP contribution in [0.2, 0.25) is 4.34 Å². The average molecular weight is 375 g/mol. The topological polar surface area (TPSA) is 42.0 Å². The number of amides is 1. The molecule has 3 aromatic rings. The maximum absolute atomic E-state index is 12.5. The van der Waals surface area contributed by atoms with Gasteiger partial charge in [-0.3, -0.25) is 10.1 Å². The number of fused-ring (bicyclic) bond motifs is 1. The van der Waals surface area contributed by atoms with Gasteiger partial charge in [0.25, 0.3) is 5.91 Å². The first-order valence-electron chi connectivity index (χ1n) is 7.83. The fourth-order valence-electron chi connectivity index (χ4n) is 2.94. The number of halogens is 1. The van der Waals surface area contributed by atoms with Crippen LogP contribution in [0.3, 0.4) is 0 Å². The summed E-state index contributed by atoms with van der Waals surface area (Å²) in [6.45, 7) is 0. The molecular weight excluding hydrogens is 360 g/mol. The lowest BCUT2D eigenvalue weighted by atomic mass is 9.90. The molecule has 0 spiro atoms. The van der Waals surface area contributed by atoms with Gasteiger partial charge in [-0.15, -0.1) is 22.7 Å². The Hall–Kier alpha value is -1.69. The van der Waals surface area contributed by atoms with Crippen LogP contribution in [0, 0.1) is 0 Å². The zero-order valence-corrected chi connectivity index (χ0v) is 15.2. The molecule has 2 heterocycles. The van der Waals surface area contributed by atoms with Crippen molar-refractivity contribution in [2.45, 2.75) is 25.7 Å². The summed E-state index contributed by atoms with van der Waals surface area (Å²) in [6.07, 6.45) is 4.64. The van der Waals surface area contributed by atoms with E-state index < -0.39 is 0 Å². The van der Waals surface area contributed by atoms with Crippen LogP contribution in [0.15, 0.2) is 35.7 Å². The smallest absolute Gasteiger partial charge is 0.257 e. The van der Waals surface area contributed by atoms with E-state index in [0.717, 1.165) is 27.7 Å². The molecule has 6 heteroatoms. The zero-order chi connectivity index (χ0) is 16.5. The standard InChI is InChI=1S/C18H15ClN2OS2/c19-16-8-7-15(24-16)14-10-23-18(20-14)21-17(22)13-6-5-11-3-1-2-4-12(11)9-13/h5-10H,1-4H2,(H,20,21,22). The number of hydrogen-bond acceptors (Lipinski definition) is 4. The van der Waals surface area contributed by atoms with Crippen molar-refractivity contribution in [3.05, 3.63) is 56.7 Å². The van der Waals surface area contributed by atoms with Gasteiger partial charge in [0.15, 0.2) is 5.13 Å². The minimum Gasteiger partial charge on any atom is -0.298 e. The second-order valence-corrected chi connectivity index (χ2v) is 8.36. The molecule has 1 N–H and O–H groups in total. The Morgan fingerprint density at radius 2 is 1.96 bits per heavy atom.